The molecule has 1 aromatic carbocycles. The maximum Gasteiger partial charge on any atom is 0.407 e. The Bertz CT molecular complexity index is 1330. The minimum Gasteiger partial charge on any atom is -0.466 e. The number of methoxy groups -OCH3 is 2. The van der Waals surface area contributed by atoms with Crippen molar-refractivity contribution in [3.8, 4) is 0 Å². The predicted octanol–water partition coefficient (Wildman–Crippen LogP) is 5.84. The van der Waals surface area contributed by atoms with Crippen molar-refractivity contribution in [2.45, 2.75) is 66.5 Å². The van der Waals surface area contributed by atoms with Crippen LogP contribution in [0.15, 0.2) is 59.4 Å². The summed E-state index contributed by atoms with van der Waals surface area (Å²) < 4.78 is 15.7. The molecule has 0 bridgehead atoms. The van der Waals surface area contributed by atoms with Gasteiger partial charge in [-0.05, 0) is 70.2 Å². The lowest BCUT2D eigenvalue weighted by Gasteiger charge is -2.41. The fourth-order valence-electron chi connectivity index (χ4n) is 4.83. The molecule has 220 valence electrons. The van der Waals surface area contributed by atoms with E-state index in [0.29, 0.717) is 28.9 Å². The average Bonchev–Trinajstić information content (AvgIpc) is 2.91. The van der Waals surface area contributed by atoms with Crippen LogP contribution in [0.3, 0.4) is 0 Å². The molecule has 0 fully saturated rings. The second-order valence-corrected chi connectivity index (χ2v) is 11.5. The number of carbonyl (C=O) groups is 3. The first kappa shape index (κ1) is 31.4. The molecule has 1 N–H and O–H groups in total. The molecule has 0 saturated carbocycles. The summed E-state index contributed by atoms with van der Waals surface area (Å²) in [6, 6.07) is 10.8. The Labute approximate surface area is 242 Å². The molecular weight excluding hydrogens is 522 g/mol. The lowest BCUT2D eigenvalue weighted by atomic mass is 9.82. The number of esters is 2. The Morgan fingerprint density at radius 1 is 1.00 bits per heavy atom. The van der Waals surface area contributed by atoms with E-state index in [9.17, 15) is 14.4 Å². The number of nitrogens with one attached hydrogen (secondary N) is 1. The summed E-state index contributed by atoms with van der Waals surface area (Å²) in [7, 11) is 2.67. The van der Waals surface area contributed by atoms with Crippen molar-refractivity contribution in [1.29, 1.82) is 0 Å². The van der Waals surface area contributed by atoms with Gasteiger partial charge in [-0.1, -0.05) is 43.7 Å². The quantitative estimate of drug-likeness (QED) is 0.316. The number of allylic oxidation sites excluding steroid dienone is 1. The van der Waals surface area contributed by atoms with Gasteiger partial charge >= 0.3 is 18.0 Å². The molecule has 1 aliphatic rings. The third-order valence-corrected chi connectivity index (χ3v) is 6.59. The van der Waals surface area contributed by atoms with Gasteiger partial charge in [-0.25, -0.2) is 19.4 Å². The lowest BCUT2D eigenvalue weighted by molar-refractivity contribution is -0.136. The van der Waals surface area contributed by atoms with E-state index >= 15 is 0 Å². The first-order valence-corrected chi connectivity index (χ1v) is 13.7. The first-order chi connectivity index (χ1) is 19.3. The highest BCUT2D eigenvalue weighted by Crippen LogP contribution is 2.42. The SMILES string of the molecule is COC(=O)C1=C(c2ccc(C)cc2)C(CNC(=O)OC(C)(C)C)=C(CC(C)C)N(c2ccc(C(=O)OC)cn2)C1C. The van der Waals surface area contributed by atoms with Crippen LogP contribution in [-0.2, 0) is 19.0 Å². The molecule has 0 aliphatic carbocycles. The van der Waals surface area contributed by atoms with Gasteiger partial charge < -0.3 is 24.4 Å². The Kier molecular flexibility index (Phi) is 9.97. The van der Waals surface area contributed by atoms with Crippen molar-refractivity contribution in [3.05, 3.63) is 76.1 Å². The van der Waals surface area contributed by atoms with E-state index < -0.39 is 29.7 Å². The highest BCUT2D eigenvalue weighted by molar-refractivity contribution is 6.05. The fraction of sp³-hybridized carbons (Fsp3) is 0.438. The monoisotopic (exact) mass is 563 g/mol. The summed E-state index contributed by atoms with van der Waals surface area (Å²) >= 11 is 0. The van der Waals surface area contributed by atoms with Gasteiger partial charge in [0.25, 0.3) is 0 Å². The van der Waals surface area contributed by atoms with Crippen LogP contribution in [0.2, 0.25) is 0 Å². The number of aromatic nitrogens is 1. The lowest BCUT2D eigenvalue weighted by Crippen LogP contribution is -2.44. The summed E-state index contributed by atoms with van der Waals surface area (Å²) in [4.78, 5) is 44.9. The van der Waals surface area contributed by atoms with Crippen molar-refractivity contribution in [1.82, 2.24) is 10.3 Å². The largest absolute Gasteiger partial charge is 0.466 e. The molecule has 0 radical (unpaired) electrons. The van der Waals surface area contributed by atoms with Crippen LogP contribution in [0.5, 0.6) is 0 Å². The van der Waals surface area contributed by atoms with Gasteiger partial charge in [0.15, 0.2) is 0 Å². The van der Waals surface area contributed by atoms with Gasteiger partial charge in [-0.3, -0.25) is 0 Å². The number of nitrogens with zero attached hydrogens (tertiary/aromatic N) is 2. The Balaban J connectivity index is 2.30. The average molecular weight is 564 g/mol. The molecule has 2 aromatic rings. The van der Waals surface area contributed by atoms with Crippen LogP contribution >= 0.6 is 0 Å². The van der Waals surface area contributed by atoms with E-state index in [-0.39, 0.29) is 12.5 Å². The van der Waals surface area contributed by atoms with Crippen LogP contribution in [0, 0.1) is 12.8 Å². The molecule has 1 aliphatic heterocycles. The van der Waals surface area contributed by atoms with Crippen molar-refractivity contribution in [2.75, 3.05) is 25.7 Å². The number of pyridine rings is 1. The van der Waals surface area contributed by atoms with E-state index in [1.807, 2.05) is 43.0 Å². The summed E-state index contributed by atoms with van der Waals surface area (Å²) in [5, 5.41) is 2.91. The van der Waals surface area contributed by atoms with Gasteiger partial charge in [-0.15, -0.1) is 0 Å². The molecule has 0 spiro atoms. The number of hydrogen-bond acceptors (Lipinski definition) is 8. The zero-order valence-corrected chi connectivity index (χ0v) is 25.5. The zero-order chi connectivity index (χ0) is 30.5. The van der Waals surface area contributed by atoms with Gasteiger partial charge in [0.05, 0.1) is 31.4 Å². The molecule has 9 heteroatoms. The standard InChI is InChI=1S/C32H41N3O6/c1-19(2)16-25-24(18-34-31(38)41-32(5,6)7)28(22-12-10-20(3)11-13-22)27(30(37)40-9)21(4)35(25)26-15-14-23(17-33-26)29(36)39-8/h10-15,17,19,21H,16,18H2,1-9H3,(H,34,38). The van der Waals surface area contributed by atoms with Gasteiger partial charge in [-0.2, -0.15) is 0 Å². The van der Waals surface area contributed by atoms with Crippen molar-refractivity contribution in [3.63, 3.8) is 0 Å². The minimum atomic E-state index is -0.676. The molecule has 2 heterocycles. The number of ether oxygens (including phenoxy) is 3. The van der Waals surface area contributed by atoms with Gasteiger partial charge in [0.2, 0.25) is 0 Å². The minimum absolute atomic E-state index is 0.101. The summed E-state index contributed by atoms with van der Waals surface area (Å²) in [5.41, 5.74) is 4.34. The van der Waals surface area contributed by atoms with Crippen molar-refractivity contribution in [2.24, 2.45) is 5.92 Å². The van der Waals surface area contributed by atoms with E-state index in [0.717, 1.165) is 22.4 Å². The number of alkyl carbamates (subject to hydrolysis) is 1. The smallest absolute Gasteiger partial charge is 0.407 e. The molecule has 0 saturated heterocycles. The van der Waals surface area contributed by atoms with Crippen LogP contribution in [-0.4, -0.2) is 55.4 Å². The Hall–Kier alpha value is -4.14. The highest BCUT2D eigenvalue weighted by Gasteiger charge is 2.38. The molecule has 9 nitrogen and oxygen atoms in total. The molecule has 1 unspecified atom stereocenters. The van der Waals surface area contributed by atoms with Crippen molar-refractivity contribution >= 4 is 29.4 Å². The fourth-order valence-corrected chi connectivity index (χ4v) is 4.83. The number of anilines is 1. The van der Waals surface area contributed by atoms with Gasteiger partial charge in [0, 0.05) is 24.0 Å². The number of hydrogen-bond donors (Lipinski definition) is 1. The molecule has 1 amide bonds. The second kappa shape index (κ2) is 13.0. The number of amides is 1. The molecular formula is C32H41N3O6. The van der Waals surface area contributed by atoms with E-state index in [1.54, 1.807) is 32.9 Å². The summed E-state index contributed by atoms with van der Waals surface area (Å²) in [6.07, 6.45) is 1.51. The molecule has 1 aromatic heterocycles. The number of benzene rings is 1. The third-order valence-electron chi connectivity index (χ3n) is 6.59. The number of aryl methyl sites for hydroxylation is 1. The Morgan fingerprint density at radius 2 is 1.63 bits per heavy atom. The molecule has 41 heavy (non-hydrogen) atoms. The molecule has 3 rings (SSSR count). The van der Waals surface area contributed by atoms with E-state index in [1.165, 1.54) is 20.4 Å². The third kappa shape index (κ3) is 7.54. The topological polar surface area (TPSA) is 107 Å². The Morgan fingerprint density at radius 3 is 2.15 bits per heavy atom. The maximum atomic E-state index is 13.5. The normalized spacial score (nSPS) is 15.7. The number of rotatable bonds is 8. The second-order valence-electron chi connectivity index (χ2n) is 11.5. The summed E-state index contributed by atoms with van der Waals surface area (Å²) in [6.45, 7) is 13.6. The highest BCUT2D eigenvalue weighted by atomic mass is 16.6. The van der Waals surface area contributed by atoms with E-state index in [4.69, 9.17) is 14.2 Å². The van der Waals surface area contributed by atoms with Crippen molar-refractivity contribution < 1.29 is 28.6 Å². The van der Waals surface area contributed by atoms with Gasteiger partial charge in [0.1, 0.15) is 11.4 Å². The van der Waals surface area contributed by atoms with Crippen LogP contribution in [0.1, 0.15) is 69.4 Å². The zero-order valence-electron chi connectivity index (χ0n) is 25.5. The van der Waals surface area contributed by atoms with Crippen LogP contribution < -0.4 is 10.2 Å². The van der Waals surface area contributed by atoms with E-state index in [2.05, 4.69) is 24.1 Å². The summed E-state index contributed by atoms with van der Waals surface area (Å²) in [5.74, 6) is -0.209. The predicted molar refractivity (Wildman–Crippen MR) is 158 cm³/mol. The maximum absolute atomic E-state index is 13.5. The van der Waals surface area contributed by atoms with Crippen LogP contribution in [0.4, 0.5) is 10.6 Å². The van der Waals surface area contributed by atoms with Crippen LogP contribution in [0.25, 0.3) is 5.57 Å². The first-order valence-electron chi connectivity index (χ1n) is 13.7. The number of carbonyl (C=O) groups excluding carboxylic acids is 3. The molecule has 1 atom stereocenters.